The van der Waals surface area contributed by atoms with Gasteiger partial charge in [-0.1, -0.05) is 27.2 Å². The van der Waals surface area contributed by atoms with E-state index in [1.165, 1.54) is 23.7 Å². The molecule has 0 aliphatic rings. The number of rotatable bonds is 8. The minimum atomic E-state index is -1.10. The normalized spacial score (nSPS) is 14.2. The van der Waals surface area contributed by atoms with Crippen LogP contribution in [0, 0.1) is 17.2 Å². The Bertz CT molecular complexity index is 750. The van der Waals surface area contributed by atoms with E-state index in [2.05, 4.69) is 16.5 Å². The molecule has 142 valence electrons. The molecular formula is C18H26N4O4. The van der Waals surface area contributed by atoms with Crippen LogP contribution in [0.25, 0.3) is 0 Å². The summed E-state index contributed by atoms with van der Waals surface area (Å²) in [5, 5.41) is 15.8. The van der Waals surface area contributed by atoms with Gasteiger partial charge in [0.1, 0.15) is 5.54 Å². The first-order valence-corrected chi connectivity index (χ1v) is 8.67. The molecule has 0 spiro atoms. The number of nitrogens with zero attached hydrogens (tertiary/aromatic N) is 3. The molecule has 0 aromatic carbocycles. The van der Waals surface area contributed by atoms with Gasteiger partial charge in [0.25, 0.3) is 11.5 Å². The van der Waals surface area contributed by atoms with Gasteiger partial charge in [0, 0.05) is 12.6 Å². The van der Waals surface area contributed by atoms with Crippen molar-refractivity contribution < 1.29 is 14.3 Å². The third kappa shape index (κ3) is 5.41. The molecule has 8 heteroatoms. The highest BCUT2D eigenvalue weighted by Gasteiger charge is 2.32. The third-order valence-electron chi connectivity index (χ3n) is 4.22. The monoisotopic (exact) mass is 362 g/mol. The summed E-state index contributed by atoms with van der Waals surface area (Å²) in [4.78, 5) is 36.2. The lowest BCUT2D eigenvalue weighted by Crippen LogP contribution is -2.52. The van der Waals surface area contributed by atoms with Gasteiger partial charge in [-0.2, -0.15) is 10.4 Å². The largest absolute Gasteiger partial charge is 0.448 e. The number of nitriles is 1. The van der Waals surface area contributed by atoms with Crippen LogP contribution in [0.4, 0.5) is 0 Å². The number of hydrogen-bond acceptors (Lipinski definition) is 6. The van der Waals surface area contributed by atoms with Crippen LogP contribution in [-0.2, 0) is 16.1 Å². The SMILES string of the molecule is CCCCn1nc(C(=O)O[C@@H](C)C(=O)N[C@](C)(C#N)C(C)C)ccc1=O. The molecule has 8 nitrogen and oxygen atoms in total. The first-order valence-electron chi connectivity index (χ1n) is 8.67. The smallest absolute Gasteiger partial charge is 0.359 e. The molecule has 0 radical (unpaired) electrons. The Labute approximate surface area is 153 Å². The van der Waals surface area contributed by atoms with Gasteiger partial charge in [-0.3, -0.25) is 9.59 Å². The number of amides is 1. The molecule has 0 saturated carbocycles. The Hall–Kier alpha value is -2.69. The number of carbonyl (C=O) groups excluding carboxylic acids is 2. The Morgan fingerprint density at radius 1 is 1.38 bits per heavy atom. The zero-order valence-electron chi connectivity index (χ0n) is 15.9. The lowest BCUT2D eigenvalue weighted by atomic mass is 9.90. The quantitative estimate of drug-likeness (QED) is 0.703. The minimum absolute atomic E-state index is 0.0488. The van der Waals surface area contributed by atoms with E-state index in [0.717, 1.165) is 12.8 Å². The van der Waals surface area contributed by atoms with Crippen LogP contribution in [0.1, 0.15) is 57.9 Å². The fourth-order valence-electron chi connectivity index (χ4n) is 1.96. The highest BCUT2D eigenvalue weighted by Crippen LogP contribution is 2.15. The first-order chi connectivity index (χ1) is 12.1. The van der Waals surface area contributed by atoms with Crippen LogP contribution < -0.4 is 10.9 Å². The zero-order chi connectivity index (χ0) is 19.9. The molecule has 0 unspecified atom stereocenters. The van der Waals surface area contributed by atoms with Crippen molar-refractivity contribution in [3.8, 4) is 6.07 Å². The summed E-state index contributed by atoms with van der Waals surface area (Å²) in [5.41, 5.74) is -1.42. The van der Waals surface area contributed by atoms with E-state index in [-0.39, 0.29) is 17.2 Å². The topological polar surface area (TPSA) is 114 Å². The van der Waals surface area contributed by atoms with Crippen molar-refractivity contribution >= 4 is 11.9 Å². The number of aromatic nitrogens is 2. The van der Waals surface area contributed by atoms with Gasteiger partial charge in [-0.15, -0.1) is 0 Å². The highest BCUT2D eigenvalue weighted by atomic mass is 16.5. The molecule has 1 amide bonds. The van der Waals surface area contributed by atoms with Crippen LogP contribution in [0.15, 0.2) is 16.9 Å². The van der Waals surface area contributed by atoms with Gasteiger partial charge in [0.2, 0.25) is 0 Å². The van der Waals surface area contributed by atoms with Crippen molar-refractivity contribution in [3.05, 3.63) is 28.2 Å². The van der Waals surface area contributed by atoms with Crippen molar-refractivity contribution in [3.63, 3.8) is 0 Å². The van der Waals surface area contributed by atoms with E-state index in [9.17, 15) is 19.6 Å². The summed E-state index contributed by atoms with van der Waals surface area (Å²) in [6, 6.07) is 4.57. The molecule has 0 aliphatic heterocycles. The van der Waals surface area contributed by atoms with Crippen molar-refractivity contribution in [1.29, 1.82) is 5.26 Å². The Balaban J connectivity index is 2.82. The second-order valence-corrected chi connectivity index (χ2v) is 6.64. The van der Waals surface area contributed by atoms with Crippen molar-refractivity contribution in [2.24, 2.45) is 5.92 Å². The third-order valence-corrected chi connectivity index (χ3v) is 4.22. The molecule has 0 saturated heterocycles. The van der Waals surface area contributed by atoms with E-state index >= 15 is 0 Å². The van der Waals surface area contributed by atoms with Crippen molar-refractivity contribution in [2.45, 2.75) is 65.6 Å². The van der Waals surface area contributed by atoms with Crippen LogP contribution in [0.5, 0.6) is 0 Å². The number of hydrogen-bond donors (Lipinski definition) is 1. The minimum Gasteiger partial charge on any atom is -0.448 e. The molecule has 1 aromatic heterocycles. The summed E-state index contributed by atoms with van der Waals surface area (Å²) in [6.45, 7) is 9.03. The Morgan fingerprint density at radius 2 is 2.04 bits per heavy atom. The fraction of sp³-hybridized carbons (Fsp3) is 0.611. The Morgan fingerprint density at radius 3 is 2.58 bits per heavy atom. The summed E-state index contributed by atoms with van der Waals surface area (Å²) in [7, 11) is 0. The summed E-state index contributed by atoms with van der Waals surface area (Å²) in [5.74, 6) is -1.50. The average molecular weight is 362 g/mol. The van der Waals surface area contributed by atoms with E-state index in [0.29, 0.717) is 6.54 Å². The molecule has 0 aliphatic carbocycles. The molecule has 1 N–H and O–H groups in total. The molecule has 1 rings (SSSR count). The van der Waals surface area contributed by atoms with Gasteiger partial charge < -0.3 is 10.1 Å². The first kappa shape index (κ1) is 21.4. The molecule has 0 fully saturated rings. The molecule has 26 heavy (non-hydrogen) atoms. The average Bonchev–Trinajstić information content (AvgIpc) is 2.60. The fourth-order valence-corrected chi connectivity index (χ4v) is 1.96. The van der Waals surface area contributed by atoms with Crippen molar-refractivity contribution in [2.75, 3.05) is 0 Å². The lowest BCUT2D eigenvalue weighted by molar-refractivity contribution is -0.130. The maximum Gasteiger partial charge on any atom is 0.359 e. The maximum atomic E-state index is 12.2. The highest BCUT2D eigenvalue weighted by molar-refractivity contribution is 5.90. The van der Waals surface area contributed by atoms with Crippen LogP contribution in [0.2, 0.25) is 0 Å². The van der Waals surface area contributed by atoms with E-state index in [4.69, 9.17) is 4.74 Å². The van der Waals surface area contributed by atoms with Gasteiger partial charge >= 0.3 is 5.97 Å². The van der Waals surface area contributed by atoms with Crippen LogP contribution in [-0.4, -0.2) is 33.3 Å². The number of carbonyl (C=O) groups is 2. The zero-order valence-corrected chi connectivity index (χ0v) is 15.9. The lowest BCUT2D eigenvalue weighted by Gasteiger charge is -2.28. The standard InChI is InChI=1S/C18H26N4O4/c1-6-7-10-22-15(23)9-8-14(21-22)17(25)26-13(4)16(24)20-18(5,11-19)12(2)3/h8-9,12-13H,6-7,10H2,1-5H3,(H,20,24)/t13-,18+/m0/s1. The predicted molar refractivity (Wildman–Crippen MR) is 95.3 cm³/mol. The van der Waals surface area contributed by atoms with E-state index in [1.54, 1.807) is 6.92 Å². The predicted octanol–water partition coefficient (Wildman–Crippen LogP) is 1.64. The second-order valence-electron chi connectivity index (χ2n) is 6.64. The maximum absolute atomic E-state index is 12.2. The summed E-state index contributed by atoms with van der Waals surface area (Å²) < 4.78 is 6.33. The number of aryl methyl sites for hydroxylation is 1. The van der Waals surface area contributed by atoms with Gasteiger partial charge in [-0.25, -0.2) is 9.48 Å². The molecule has 1 heterocycles. The summed E-state index contributed by atoms with van der Waals surface area (Å²) >= 11 is 0. The van der Waals surface area contributed by atoms with E-state index < -0.39 is 23.5 Å². The van der Waals surface area contributed by atoms with Crippen LogP contribution >= 0.6 is 0 Å². The van der Waals surface area contributed by atoms with E-state index in [1.807, 2.05) is 20.8 Å². The number of nitrogens with one attached hydrogen (secondary N) is 1. The number of ether oxygens (including phenoxy) is 1. The molecule has 0 bridgehead atoms. The second kappa shape index (κ2) is 9.13. The van der Waals surface area contributed by atoms with Gasteiger partial charge in [0.15, 0.2) is 11.8 Å². The van der Waals surface area contributed by atoms with Gasteiger partial charge in [-0.05, 0) is 32.3 Å². The van der Waals surface area contributed by atoms with Crippen molar-refractivity contribution in [1.82, 2.24) is 15.1 Å². The van der Waals surface area contributed by atoms with Crippen LogP contribution in [0.3, 0.4) is 0 Å². The number of esters is 1. The van der Waals surface area contributed by atoms with Gasteiger partial charge in [0.05, 0.1) is 6.07 Å². The molecular weight excluding hydrogens is 336 g/mol. The molecule has 2 atom stereocenters. The Kier molecular flexibility index (Phi) is 7.50. The number of unbranched alkanes of at least 4 members (excludes halogenated alkanes) is 1. The summed E-state index contributed by atoms with van der Waals surface area (Å²) in [6.07, 6.45) is 0.534. The molecule has 1 aromatic rings.